The third kappa shape index (κ3) is 2.07. The minimum absolute atomic E-state index is 0.331. The van der Waals surface area contributed by atoms with Crippen molar-refractivity contribution in [3.05, 3.63) is 69.9 Å². The average Bonchev–Trinajstić information content (AvgIpc) is 2.98. The van der Waals surface area contributed by atoms with E-state index in [-0.39, 0.29) is 0 Å². The summed E-state index contributed by atoms with van der Waals surface area (Å²) in [6.45, 7) is 0. The van der Waals surface area contributed by atoms with E-state index in [0.717, 1.165) is 11.4 Å². The van der Waals surface area contributed by atoms with Crippen LogP contribution in [0.25, 0.3) is 0 Å². The summed E-state index contributed by atoms with van der Waals surface area (Å²) in [5, 5.41) is 5.05. The average molecular weight is 308 g/mol. The van der Waals surface area contributed by atoms with Crippen molar-refractivity contribution in [1.29, 1.82) is 0 Å². The molecular weight excluding hydrogens is 292 g/mol. The lowest BCUT2D eigenvalue weighted by Gasteiger charge is -2.28. The van der Waals surface area contributed by atoms with Crippen molar-refractivity contribution in [3.8, 4) is 0 Å². The summed E-state index contributed by atoms with van der Waals surface area (Å²) in [5.41, 5.74) is 16.6. The Labute approximate surface area is 130 Å². The van der Waals surface area contributed by atoms with Gasteiger partial charge in [0.2, 0.25) is 0 Å². The number of fused-ring (bicyclic) bond motifs is 2. The number of hydrogen-bond donors (Lipinski definition) is 2. The van der Waals surface area contributed by atoms with Crippen molar-refractivity contribution >= 4 is 42.6 Å². The van der Waals surface area contributed by atoms with Gasteiger partial charge in [0.1, 0.15) is 0 Å². The molecule has 0 atom stereocenters. The number of hydrogen-bond acceptors (Lipinski definition) is 3. The molecule has 0 unspecified atom stereocenters. The van der Waals surface area contributed by atoms with E-state index in [4.69, 9.17) is 11.5 Å². The standard InChI is InChI=1S/C17H16N2SSi/c18-10-3-5-12-15(8-10)21-16-9-11(19)4-6-13(16)17(12)14-2-1-7-20-14/h1-9,17H,18-19,21H2. The molecule has 0 radical (unpaired) electrons. The zero-order valence-corrected chi connectivity index (χ0v) is 13.8. The molecular formula is C17H16N2SSi. The maximum absolute atomic E-state index is 6.00. The van der Waals surface area contributed by atoms with Crippen molar-refractivity contribution < 1.29 is 0 Å². The van der Waals surface area contributed by atoms with Gasteiger partial charge in [-0.1, -0.05) is 28.6 Å². The van der Waals surface area contributed by atoms with Crippen LogP contribution >= 0.6 is 11.3 Å². The van der Waals surface area contributed by atoms with E-state index < -0.39 is 9.52 Å². The van der Waals surface area contributed by atoms with Gasteiger partial charge < -0.3 is 11.5 Å². The van der Waals surface area contributed by atoms with E-state index in [2.05, 4.69) is 41.8 Å². The molecule has 104 valence electrons. The number of benzene rings is 2. The van der Waals surface area contributed by atoms with E-state index in [9.17, 15) is 0 Å². The second kappa shape index (κ2) is 4.75. The fraction of sp³-hybridized carbons (Fsp3) is 0.0588. The van der Waals surface area contributed by atoms with Gasteiger partial charge in [0, 0.05) is 22.2 Å². The molecule has 3 aromatic rings. The summed E-state index contributed by atoms with van der Waals surface area (Å²) < 4.78 is 0. The highest BCUT2D eigenvalue weighted by atomic mass is 32.1. The zero-order valence-electron chi connectivity index (χ0n) is 11.5. The first-order valence-corrected chi connectivity index (χ1v) is 9.32. The van der Waals surface area contributed by atoms with E-state index in [1.165, 1.54) is 26.4 Å². The van der Waals surface area contributed by atoms with Gasteiger partial charge in [-0.05, 0) is 46.8 Å². The van der Waals surface area contributed by atoms with Crippen LogP contribution in [0.4, 0.5) is 11.4 Å². The van der Waals surface area contributed by atoms with Crippen LogP contribution in [-0.4, -0.2) is 9.52 Å². The van der Waals surface area contributed by atoms with Crippen LogP contribution in [0.2, 0.25) is 0 Å². The van der Waals surface area contributed by atoms with Crippen molar-refractivity contribution in [2.75, 3.05) is 11.5 Å². The number of nitrogens with two attached hydrogens (primary N) is 2. The Hall–Kier alpha value is -2.04. The number of nitrogen functional groups attached to an aromatic ring is 2. The molecule has 4 heteroatoms. The largest absolute Gasteiger partial charge is 0.399 e. The Morgan fingerprint density at radius 1 is 0.857 bits per heavy atom. The van der Waals surface area contributed by atoms with Crippen LogP contribution in [-0.2, 0) is 0 Å². The molecule has 0 spiro atoms. The number of thiophene rings is 1. The van der Waals surface area contributed by atoms with Crippen molar-refractivity contribution in [2.45, 2.75) is 5.92 Å². The summed E-state index contributed by atoms with van der Waals surface area (Å²) in [6, 6.07) is 17.1. The smallest absolute Gasteiger partial charge is 0.0885 e. The van der Waals surface area contributed by atoms with Gasteiger partial charge in [0.15, 0.2) is 0 Å². The molecule has 4 rings (SSSR count). The molecule has 4 N–H and O–H groups in total. The SMILES string of the molecule is Nc1ccc2c(c1)[SiH2]c1cc(N)ccc1C2c1cccs1. The number of anilines is 2. The lowest BCUT2D eigenvalue weighted by Crippen LogP contribution is -2.39. The minimum atomic E-state index is -0.513. The lowest BCUT2D eigenvalue weighted by atomic mass is 9.89. The molecule has 1 aliphatic rings. The van der Waals surface area contributed by atoms with E-state index in [1.807, 2.05) is 23.5 Å². The van der Waals surface area contributed by atoms with E-state index in [1.54, 1.807) is 0 Å². The first-order chi connectivity index (χ1) is 10.2. The van der Waals surface area contributed by atoms with E-state index in [0.29, 0.717) is 5.92 Å². The van der Waals surface area contributed by atoms with Crippen LogP contribution in [0.3, 0.4) is 0 Å². The van der Waals surface area contributed by atoms with Gasteiger partial charge >= 0.3 is 0 Å². The summed E-state index contributed by atoms with van der Waals surface area (Å²) in [5.74, 6) is 0.331. The molecule has 2 aromatic carbocycles. The maximum Gasteiger partial charge on any atom is 0.0885 e. The summed E-state index contributed by atoms with van der Waals surface area (Å²) >= 11 is 1.82. The topological polar surface area (TPSA) is 52.0 Å². The van der Waals surface area contributed by atoms with Gasteiger partial charge in [-0.3, -0.25) is 0 Å². The van der Waals surface area contributed by atoms with Gasteiger partial charge in [-0.2, -0.15) is 0 Å². The highest BCUT2D eigenvalue weighted by molar-refractivity contribution is 7.10. The first kappa shape index (κ1) is 12.7. The quantitative estimate of drug-likeness (QED) is 0.414. The first-order valence-electron chi connectivity index (χ1n) is 7.02. The van der Waals surface area contributed by atoms with E-state index >= 15 is 0 Å². The van der Waals surface area contributed by atoms with Gasteiger partial charge in [-0.15, -0.1) is 11.3 Å². The Bertz CT molecular complexity index is 760. The van der Waals surface area contributed by atoms with Crippen LogP contribution in [0.1, 0.15) is 21.9 Å². The molecule has 0 bridgehead atoms. The molecule has 0 fully saturated rings. The van der Waals surface area contributed by atoms with Crippen LogP contribution < -0.4 is 21.8 Å². The summed E-state index contributed by atoms with van der Waals surface area (Å²) in [4.78, 5) is 1.39. The van der Waals surface area contributed by atoms with Crippen molar-refractivity contribution in [3.63, 3.8) is 0 Å². The van der Waals surface area contributed by atoms with Crippen molar-refractivity contribution in [2.24, 2.45) is 0 Å². The lowest BCUT2D eigenvalue weighted by molar-refractivity contribution is 1.02. The third-order valence-electron chi connectivity index (χ3n) is 4.16. The zero-order chi connectivity index (χ0) is 14.4. The van der Waals surface area contributed by atoms with Crippen molar-refractivity contribution in [1.82, 2.24) is 0 Å². The van der Waals surface area contributed by atoms with Crippen LogP contribution in [0, 0.1) is 0 Å². The summed E-state index contributed by atoms with van der Waals surface area (Å²) in [6.07, 6.45) is 0. The Morgan fingerprint density at radius 3 is 2.00 bits per heavy atom. The Kier molecular flexibility index (Phi) is 2.87. The molecule has 0 saturated carbocycles. The second-order valence-corrected chi connectivity index (χ2v) is 8.40. The molecule has 2 nitrogen and oxygen atoms in total. The minimum Gasteiger partial charge on any atom is -0.399 e. The molecule has 2 heterocycles. The Balaban J connectivity index is 1.97. The molecule has 0 amide bonds. The molecule has 21 heavy (non-hydrogen) atoms. The van der Waals surface area contributed by atoms with Gasteiger partial charge in [0.25, 0.3) is 0 Å². The van der Waals surface area contributed by atoms with Gasteiger partial charge in [0.05, 0.1) is 9.52 Å². The highest BCUT2D eigenvalue weighted by Gasteiger charge is 2.27. The van der Waals surface area contributed by atoms with Crippen LogP contribution in [0.5, 0.6) is 0 Å². The maximum atomic E-state index is 6.00. The monoisotopic (exact) mass is 308 g/mol. The fourth-order valence-electron chi connectivity index (χ4n) is 3.26. The highest BCUT2D eigenvalue weighted by Crippen LogP contribution is 2.35. The normalized spacial score (nSPS) is 17.4. The predicted molar refractivity (Wildman–Crippen MR) is 94.8 cm³/mol. The second-order valence-electron chi connectivity index (χ2n) is 5.54. The molecule has 1 aliphatic heterocycles. The fourth-order valence-corrected chi connectivity index (χ4v) is 6.26. The number of rotatable bonds is 1. The molecule has 0 aliphatic carbocycles. The Morgan fingerprint density at radius 2 is 1.48 bits per heavy atom. The summed E-state index contributed by atoms with van der Waals surface area (Å²) in [7, 11) is -0.513. The van der Waals surface area contributed by atoms with Crippen LogP contribution in [0.15, 0.2) is 53.9 Å². The molecule has 1 aromatic heterocycles. The predicted octanol–water partition coefficient (Wildman–Crippen LogP) is 1.53. The third-order valence-corrected chi connectivity index (χ3v) is 7.09. The molecule has 0 saturated heterocycles. The van der Waals surface area contributed by atoms with Gasteiger partial charge in [-0.25, -0.2) is 0 Å².